The minimum atomic E-state index is -4.94. The van der Waals surface area contributed by atoms with E-state index in [1.54, 1.807) is 0 Å². The summed E-state index contributed by atoms with van der Waals surface area (Å²) in [4.78, 5) is 0. The van der Waals surface area contributed by atoms with Crippen molar-refractivity contribution >= 4 is 82.8 Å². The van der Waals surface area contributed by atoms with Crippen LogP contribution in [0.5, 0.6) is 0 Å². The maximum atomic E-state index is 8.84. The molecule has 6 heteroatoms. The Hall–Kier alpha value is -2.66. The number of fused-ring (bicyclic) bond motifs is 2. The third kappa shape index (κ3) is 6.48. The van der Waals surface area contributed by atoms with E-state index in [9.17, 15) is 0 Å². The van der Waals surface area contributed by atoms with Crippen molar-refractivity contribution in [3.63, 3.8) is 0 Å². The van der Waals surface area contributed by atoms with Crippen molar-refractivity contribution in [2.75, 3.05) is 0 Å². The molecule has 0 saturated heterocycles. The van der Waals surface area contributed by atoms with Gasteiger partial charge in [0.2, 0.25) is 0 Å². The summed E-state index contributed by atoms with van der Waals surface area (Å²) in [6.45, 7) is 9.57. The quantitative estimate of drug-likeness (QED) is 0.0899. The standard InChI is InChI=1S/2C23H20P.C2H7Si.2ClH.Zr/c2*1-2-18-16-19-10-9-15-23(22(19)17-18)24(20-11-5-3-6-12-20)21-13-7-4-8-14-21;1-3-2;;;/h2*3-17H,2H2,1H3;3H,1-2H3;2*1H;/q;;;;;+2/p-2. The topological polar surface area (TPSA) is 0 Å². The van der Waals surface area contributed by atoms with Crippen LogP contribution in [0.25, 0.3) is 12.2 Å². The predicted molar refractivity (Wildman–Crippen MR) is 243 cm³/mol. The average Bonchev–Trinajstić information content (AvgIpc) is 3.81. The van der Waals surface area contributed by atoms with Gasteiger partial charge in [-0.3, -0.25) is 0 Å². The zero-order valence-electron chi connectivity index (χ0n) is 31.5. The van der Waals surface area contributed by atoms with Gasteiger partial charge in [-0.05, 0) is 0 Å². The first kappa shape index (κ1) is 38.2. The van der Waals surface area contributed by atoms with Gasteiger partial charge in [0, 0.05) is 0 Å². The van der Waals surface area contributed by atoms with E-state index in [0.29, 0.717) is 0 Å². The van der Waals surface area contributed by atoms with E-state index >= 15 is 0 Å². The van der Waals surface area contributed by atoms with Gasteiger partial charge in [0.25, 0.3) is 0 Å². The number of benzene rings is 6. The molecular formula is C48H47Cl2P2SiZr. The first-order valence-electron chi connectivity index (χ1n) is 19.3. The predicted octanol–water partition coefficient (Wildman–Crippen LogP) is 11.6. The van der Waals surface area contributed by atoms with Crippen molar-refractivity contribution in [1.82, 2.24) is 0 Å². The molecular weight excluding hydrogens is 829 g/mol. The van der Waals surface area contributed by atoms with Gasteiger partial charge in [-0.1, -0.05) is 0 Å². The first-order chi connectivity index (χ1) is 26.3. The van der Waals surface area contributed by atoms with E-state index in [0.717, 1.165) is 12.8 Å². The monoisotopic (exact) mass is 873 g/mol. The summed E-state index contributed by atoms with van der Waals surface area (Å²) in [7, 11) is 16.1. The molecule has 0 fully saturated rings. The Balaban J connectivity index is 1.33. The third-order valence-electron chi connectivity index (χ3n) is 11.8. The summed E-state index contributed by atoms with van der Waals surface area (Å²) in [5.74, 6) is -1.69. The summed E-state index contributed by atoms with van der Waals surface area (Å²) in [5.41, 5.74) is 8.33. The van der Waals surface area contributed by atoms with Crippen molar-refractivity contribution in [3.8, 4) is 0 Å². The fraction of sp³-hybridized carbons (Fsp3) is 0.167. The van der Waals surface area contributed by atoms with Crippen LogP contribution in [0.1, 0.15) is 56.2 Å². The SMILES string of the molecule is CCC1=Cc2c(cccc2P(c2ccccc2)c2ccccc2)[CH]1[Zr]([Cl])([Cl])([CH]1C(CC)=Cc2c1cccc2P(c1ccccc1)c1ccccc1)[SiH](C)C. The molecule has 271 valence electrons. The van der Waals surface area contributed by atoms with Gasteiger partial charge in [-0.15, -0.1) is 0 Å². The Labute approximate surface area is 333 Å². The minimum absolute atomic E-state index is 0.0732. The Morgan fingerprint density at radius 2 is 0.778 bits per heavy atom. The Bertz CT molecular complexity index is 2100. The molecule has 2 aliphatic carbocycles. The first-order valence-corrected chi connectivity index (χ1v) is 38.3. The zero-order valence-corrected chi connectivity index (χ0v) is 38.4. The van der Waals surface area contributed by atoms with E-state index in [1.807, 2.05) is 0 Å². The van der Waals surface area contributed by atoms with E-state index in [4.69, 9.17) is 17.0 Å². The number of allylic oxidation sites excluding steroid dienone is 2. The van der Waals surface area contributed by atoms with Crippen LogP contribution < -0.4 is 31.8 Å². The molecule has 0 N–H and O–H groups in total. The molecule has 0 saturated carbocycles. The molecule has 6 aromatic carbocycles. The zero-order chi connectivity index (χ0) is 37.5. The molecule has 0 heterocycles. The number of hydrogen-bond donors (Lipinski definition) is 0. The number of rotatable bonds is 11. The van der Waals surface area contributed by atoms with E-state index in [-0.39, 0.29) is 7.25 Å². The Morgan fingerprint density at radius 3 is 1.06 bits per heavy atom. The van der Waals surface area contributed by atoms with Crippen LogP contribution >= 0.6 is 32.9 Å². The number of hydrogen-bond acceptors (Lipinski definition) is 0. The third-order valence-corrected chi connectivity index (χ3v) is 68.7. The van der Waals surface area contributed by atoms with Gasteiger partial charge in [-0.2, -0.15) is 0 Å². The molecule has 0 bridgehead atoms. The van der Waals surface area contributed by atoms with Crippen LogP contribution in [0.4, 0.5) is 0 Å². The summed E-state index contributed by atoms with van der Waals surface area (Å²) in [5, 5.41) is 8.26. The molecule has 54 heavy (non-hydrogen) atoms. The maximum absolute atomic E-state index is 8.84. The van der Waals surface area contributed by atoms with Gasteiger partial charge in [0.05, 0.1) is 0 Å². The molecule has 2 unspecified atom stereocenters. The molecule has 0 radical (unpaired) electrons. The van der Waals surface area contributed by atoms with Crippen LogP contribution in [0.3, 0.4) is 0 Å². The second-order valence-corrected chi connectivity index (χ2v) is 61.8. The van der Waals surface area contributed by atoms with Crippen molar-refractivity contribution in [3.05, 3.63) is 191 Å². The van der Waals surface area contributed by atoms with Crippen LogP contribution in [-0.4, -0.2) is 5.92 Å². The molecule has 2 atom stereocenters. The molecule has 0 aromatic heterocycles. The fourth-order valence-corrected chi connectivity index (χ4v) is 45.9. The van der Waals surface area contributed by atoms with Crippen molar-refractivity contribution in [2.24, 2.45) is 0 Å². The normalized spacial score (nSPS) is 17.2. The molecule has 2 aliphatic rings. The van der Waals surface area contributed by atoms with Gasteiger partial charge >= 0.3 is 336 Å². The number of halogens is 2. The molecule has 0 nitrogen and oxygen atoms in total. The summed E-state index contributed by atoms with van der Waals surface area (Å²) >= 11 is -4.94. The molecule has 8 rings (SSSR count). The van der Waals surface area contributed by atoms with Gasteiger partial charge in [-0.25, -0.2) is 0 Å². The second kappa shape index (κ2) is 15.7. The summed E-state index contributed by atoms with van der Waals surface area (Å²) < 4.78 is 0.146. The Kier molecular flexibility index (Phi) is 11.1. The van der Waals surface area contributed by atoms with E-state index < -0.39 is 37.3 Å². The van der Waals surface area contributed by atoms with E-state index in [1.165, 1.54) is 65.2 Å². The van der Waals surface area contributed by atoms with Crippen LogP contribution in [0.15, 0.2) is 169 Å². The summed E-state index contributed by atoms with van der Waals surface area (Å²) in [6, 6.07) is 58.4. The van der Waals surface area contributed by atoms with Crippen molar-refractivity contribution < 1.29 is 15.6 Å². The second-order valence-electron chi connectivity index (χ2n) is 15.0. The molecule has 0 aliphatic heterocycles. The molecule has 0 amide bonds. The molecule has 0 spiro atoms. The van der Waals surface area contributed by atoms with Crippen molar-refractivity contribution in [2.45, 2.75) is 47.0 Å². The molecule has 6 aromatic rings. The van der Waals surface area contributed by atoms with Gasteiger partial charge in [0.1, 0.15) is 0 Å². The van der Waals surface area contributed by atoms with Gasteiger partial charge < -0.3 is 0 Å². The van der Waals surface area contributed by atoms with Crippen LogP contribution in [0, 0.1) is 0 Å². The average molecular weight is 876 g/mol. The van der Waals surface area contributed by atoms with Gasteiger partial charge in [0.15, 0.2) is 0 Å². The Morgan fingerprint density at radius 1 is 0.463 bits per heavy atom. The van der Waals surface area contributed by atoms with Crippen LogP contribution in [-0.2, 0) is 15.6 Å². The van der Waals surface area contributed by atoms with Crippen molar-refractivity contribution in [1.29, 1.82) is 0 Å². The summed E-state index contributed by atoms with van der Waals surface area (Å²) in [6.07, 6.45) is 6.93. The fourth-order valence-electron chi connectivity index (χ4n) is 9.20. The van der Waals surface area contributed by atoms with Crippen LogP contribution in [0.2, 0.25) is 13.1 Å². The van der Waals surface area contributed by atoms with E-state index in [2.05, 4.69) is 197 Å².